The summed E-state index contributed by atoms with van der Waals surface area (Å²) in [4.78, 5) is 0. The first-order chi connectivity index (χ1) is 4.63. The Labute approximate surface area is 68.9 Å². The molecule has 0 saturated carbocycles. The van der Waals surface area contributed by atoms with Crippen LogP contribution in [0.2, 0.25) is 3.63 Å². The third-order valence-corrected chi connectivity index (χ3v) is 9.23. The van der Waals surface area contributed by atoms with Crippen molar-refractivity contribution in [2.75, 3.05) is 21.3 Å². The van der Waals surface area contributed by atoms with Gasteiger partial charge in [0.1, 0.15) is 0 Å². The van der Waals surface area contributed by atoms with Gasteiger partial charge in [-0.1, -0.05) is 0 Å². The van der Waals surface area contributed by atoms with E-state index >= 15 is 0 Å². The quantitative estimate of drug-likeness (QED) is 0.731. The van der Waals surface area contributed by atoms with Crippen molar-refractivity contribution in [3.63, 3.8) is 0 Å². The first kappa shape index (κ1) is 10.8. The van der Waals surface area contributed by atoms with E-state index in [2.05, 4.69) is 13.8 Å². The molecule has 10 heavy (non-hydrogen) atoms. The molecule has 0 unspecified atom stereocenters. The fourth-order valence-corrected chi connectivity index (χ4v) is 5.66. The first-order valence-corrected chi connectivity index (χ1v) is 7.71. The monoisotopic (exact) mass is 226 g/mol. The van der Waals surface area contributed by atoms with Crippen LogP contribution < -0.4 is 0 Å². The maximum absolute atomic E-state index is 5.26. The molecule has 0 bridgehead atoms. The third-order valence-electron chi connectivity index (χ3n) is 1.56. The molecular formula is C6H16O3Zr. The van der Waals surface area contributed by atoms with Gasteiger partial charge in [0.15, 0.2) is 0 Å². The third kappa shape index (κ3) is 2.13. The summed E-state index contributed by atoms with van der Waals surface area (Å²) >= 11 is -3.02. The van der Waals surface area contributed by atoms with Gasteiger partial charge in [0.25, 0.3) is 0 Å². The van der Waals surface area contributed by atoms with E-state index in [1.54, 1.807) is 21.3 Å². The Kier molecular flexibility index (Phi) is 4.95. The Hall–Kier alpha value is 0.763. The molecule has 0 heterocycles. The van der Waals surface area contributed by atoms with Gasteiger partial charge in [-0.15, -0.1) is 0 Å². The molecular weight excluding hydrogens is 211 g/mol. The van der Waals surface area contributed by atoms with Gasteiger partial charge in [0, 0.05) is 0 Å². The normalized spacial score (nSPS) is 12.6. The average Bonchev–Trinajstić information content (AvgIpc) is 1.92. The molecule has 4 heteroatoms. The van der Waals surface area contributed by atoms with Gasteiger partial charge in [-0.3, -0.25) is 0 Å². The van der Waals surface area contributed by atoms with Crippen molar-refractivity contribution < 1.29 is 30.0 Å². The minimum absolute atomic E-state index is 0.384. The first-order valence-electron chi connectivity index (χ1n) is 3.28. The van der Waals surface area contributed by atoms with Crippen molar-refractivity contribution in [1.82, 2.24) is 0 Å². The van der Waals surface area contributed by atoms with E-state index in [0.717, 1.165) is 0 Å². The van der Waals surface area contributed by atoms with Gasteiger partial charge in [0.05, 0.1) is 0 Å². The van der Waals surface area contributed by atoms with E-state index in [-0.39, 0.29) is 0 Å². The SMILES string of the molecule is C[O][Zr]([O]C)([O]C)[CH](C)C. The molecule has 0 aromatic carbocycles. The van der Waals surface area contributed by atoms with E-state index < -0.39 is 21.6 Å². The van der Waals surface area contributed by atoms with Crippen LogP contribution in [0.3, 0.4) is 0 Å². The van der Waals surface area contributed by atoms with Crippen LogP contribution in [-0.4, -0.2) is 21.3 Å². The molecule has 0 radical (unpaired) electrons. The van der Waals surface area contributed by atoms with Crippen LogP contribution in [0.25, 0.3) is 0 Å². The van der Waals surface area contributed by atoms with Crippen LogP contribution >= 0.6 is 0 Å². The maximum atomic E-state index is 5.26. The molecule has 0 spiro atoms. The second-order valence-electron chi connectivity index (χ2n) is 2.37. The summed E-state index contributed by atoms with van der Waals surface area (Å²) < 4.78 is 16.2. The minimum atomic E-state index is -3.02. The van der Waals surface area contributed by atoms with E-state index in [0.29, 0.717) is 3.63 Å². The van der Waals surface area contributed by atoms with E-state index in [1.807, 2.05) is 0 Å². The average molecular weight is 227 g/mol. The molecule has 0 aliphatic heterocycles. The summed E-state index contributed by atoms with van der Waals surface area (Å²) in [5.74, 6) is 0. The fourth-order valence-electron chi connectivity index (χ4n) is 0.957. The fraction of sp³-hybridized carbons (Fsp3) is 1.00. The number of hydrogen-bond donors (Lipinski definition) is 0. The summed E-state index contributed by atoms with van der Waals surface area (Å²) in [6.45, 7) is 4.12. The summed E-state index contributed by atoms with van der Waals surface area (Å²) in [6, 6.07) is 0. The van der Waals surface area contributed by atoms with Crippen LogP contribution in [0.1, 0.15) is 13.8 Å². The zero-order chi connectivity index (χ0) is 8.20. The molecule has 0 atom stereocenters. The van der Waals surface area contributed by atoms with Crippen LogP contribution in [-0.2, 0) is 30.0 Å². The van der Waals surface area contributed by atoms with Gasteiger partial charge >= 0.3 is 68.8 Å². The molecule has 0 amide bonds. The van der Waals surface area contributed by atoms with Crippen molar-refractivity contribution >= 4 is 0 Å². The van der Waals surface area contributed by atoms with Crippen LogP contribution in [0.4, 0.5) is 0 Å². The van der Waals surface area contributed by atoms with Gasteiger partial charge in [0.2, 0.25) is 0 Å². The predicted molar refractivity (Wildman–Crippen MR) is 36.1 cm³/mol. The molecule has 0 fully saturated rings. The van der Waals surface area contributed by atoms with Gasteiger partial charge in [-0.05, 0) is 0 Å². The van der Waals surface area contributed by atoms with E-state index in [4.69, 9.17) is 8.44 Å². The summed E-state index contributed by atoms with van der Waals surface area (Å²) in [5, 5.41) is 0. The molecule has 0 aromatic rings. The standard InChI is InChI=1S/C3H7.3CH3O.Zr/c1-3-2;3*1-2;/h3H,1-2H3;3*1H3;/q;3*-1;+3. The molecule has 0 N–H and O–H groups in total. The molecule has 0 rings (SSSR count). The number of hydrogen-bond acceptors (Lipinski definition) is 3. The Morgan fingerprint density at radius 1 is 0.900 bits per heavy atom. The molecule has 0 aliphatic carbocycles. The van der Waals surface area contributed by atoms with Crippen LogP contribution in [0.5, 0.6) is 0 Å². The Morgan fingerprint density at radius 3 is 1.20 bits per heavy atom. The van der Waals surface area contributed by atoms with Gasteiger partial charge in [-0.2, -0.15) is 0 Å². The van der Waals surface area contributed by atoms with Gasteiger partial charge in [-0.25, -0.2) is 0 Å². The second-order valence-corrected chi connectivity index (χ2v) is 11.2. The van der Waals surface area contributed by atoms with Crippen LogP contribution in [0, 0.1) is 0 Å². The molecule has 0 saturated heterocycles. The van der Waals surface area contributed by atoms with Gasteiger partial charge < -0.3 is 0 Å². The Bertz CT molecular complexity index is 82.7. The summed E-state index contributed by atoms with van der Waals surface area (Å²) in [5.41, 5.74) is 0. The van der Waals surface area contributed by atoms with Crippen molar-refractivity contribution in [2.24, 2.45) is 0 Å². The summed E-state index contributed by atoms with van der Waals surface area (Å²) in [7, 11) is 4.97. The van der Waals surface area contributed by atoms with Crippen molar-refractivity contribution in [2.45, 2.75) is 17.5 Å². The molecule has 62 valence electrons. The van der Waals surface area contributed by atoms with Crippen LogP contribution in [0.15, 0.2) is 0 Å². The molecule has 3 nitrogen and oxygen atoms in total. The Morgan fingerprint density at radius 2 is 1.20 bits per heavy atom. The number of rotatable bonds is 4. The molecule has 0 aromatic heterocycles. The zero-order valence-electron chi connectivity index (χ0n) is 7.30. The predicted octanol–water partition coefficient (Wildman–Crippen LogP) is 1.65. The molecule has 0 aliphatic rings. The van der Waals surface area contributed by atoms with Crippen molar-refractivity contribution in [3.8, 4) is 0 Å². The van der Waals surface area contributed by atoms with Crippen molar-refractivity contribution in [1.29, 1.82) is 0 Å². The second kappa shape index (κ2) is 4.60. The van der Waals surface area contributed by atoms with E-state index in [9.17, 15) is 0 Å². The topological polar surface area (TPSA) is 27.7 Å². The zero-order valence-corrected chi connectivity index (χ0v) is 9.76. The Balaban J connectivity index is 4.15. The van der Waals surface area contributed by atoms with E-state index in [1.165, 1.54) is 0 Å². The van der Waals surface area contributed by atoms with Crippen molar-refractivity contribution in [3.05, 3.63) is 0 Å². The summed E-state index contributed by atoms with van der Waals surface area (Å²) in [6.07, 6.45) is 0.